The zero-order valence-corrected chi connectivity index (χ0v) is 24.0. The van der Waals surface area contributed by atoms with Crippen LogP contribution in [0.5, 0.6) is 0 Å². The third kappa shape index (κ3) is 8.79. The topological polar surface area (TPSA) is 141 Å². The molecule has 42 heavy (non-hydrogen) atoms. The molecular weight excluding hydrogens is 544 g/mol. The minimum Gasteiger partial charge on any atom is -0.459 e. The summed E-state index contributed by atoms with van der Waals surface area (Å²) >= 11 is 0. The van der Waals surface area contributed by atoms with Crippen LogP contribution >= 0.6 is 0 Å². The van der Waals surface area contributed by atoms with Gasteiger partial charge in [0, 0.05) is 56.3 Å². The molecule has 1 aromatic carbocycles. The Hall–Kier alpha value is -3.92. The number of hydrogen-bond donors (Lipinski definition) is 2. The fourth-order valence-corrected chi connectivity index (χ4v) is 5.20. The van der Waals surface area contributed by atoms with E-state index in [1.165, 1.54) is 30.5 Å². The lowest BCUT2D eigenvalue weighted by molar-refractivity contribution is -0.150. The Kier molecular flexibility index (Phi) is 10.9. The predicted molar refractivity (Wildman–Crippen MR) is 153 cm³/mol. The first-order chi connectivity index (χ1) is 20.2. The number of terminal acetylenes is 1. The van der Waals surface area contributed by atoms with E-state index in [4.69, 9.17) is 25.4 Å². The maximum Gasteiger partial charge on any atom is 0.508 e. The highest BCUT2D eigenvalue weighted by molar-refractivity contribution is 5.66. The zero-order valence-electron chi connectivity index (χ0n) is 24.0. The number of aromatic amines is 1. The molecule has 4 atom stereocenters. The van der Waals surface area contributed by atoms with E-state index in [0.717, 1.165) is 30.6 Å². The molecule has 4 rings (SSSR count). The predicted octanol–water partition coefficient (Wildman–Crippen LogP) is 1.84. The molecule has 1 aromatic heterocycles. The molecule has 12 heteroatoms. The molecule has 2 unspecified atom stereocenters. The highest BCUT2D eigenvalue weighted by Gasteiger charge is 2.40. The summed E-state index contributed by atoms with van der Waals surface area (Å²) in [6.45, 7) is 5.65. The van der Waals surface area contributed by atoms with Crippen molar-refractivity contribution < 1.29 is 28.5 Å². The van der Waals surface area contributed by atoms with Gasteiger partial charge in [-0.15, -0.1) is 6.42 Å². The molecule has 2 saturated heterocycles. The van der Waals surface area contributed by atoms with Crippen LogP contribution in [0.4, 0.5) is 4.79 Å². The number of aryl methyl sites for hydroxylation is 1. The van der Waals surface area contributed by atoms with Crippen molar-refractivity contribution in [2.24, 2.45) is 0 Å². The quantitative estimate of drug-likeness (QED) is 0.298. The van der Waals surface area contributed by atoms with Gasteiger partial charge in [-0.25, -0.2) is 9.59 Å². The molecular formula is C30H38N4O8. The highest BCUT2D eigenvalue weighted by Crippen LogP contribution is 2.30. The molecule has 0 aliphatic carbocycles. The van der Waals surface area contributed by atoms with Gasteiger partial charge >= 0.3 is 17.8 Å². The van der Waals surface area contributed by atoms with E-state index < -0.39 is 41.8 Å². The second-order valence-corrected chi connectivity index (χ2v) is 10.6. The van der Waals surface area contributed by atoms with Crippen LogP contribution in [0, 0.1) is 19.3 Å². The molecule has 2 aromatic rings. The van der Waals surface area contributed by atoms with Crippen LogP contribution in [-0.4, -0.2) is 77.7 Å². The van der Waals surface area contributed by atoms with Crippen molar-refractivity contribution in [2.45, 2.75) is 70.6 Å². The minimum atomic E-state index is -0.880. The standard InChI is InChI=1S/C30H38N4O8/c1-4-22-8-10-23(11-9-22)17-33(18-24-7-5-6-12-31-24)13-14-39-30(38)40-19-26-25(41-21(3)35)15-27(42-26)34-16-20(2)28(36)32-29(34)37/h1,8-11,16,24-27,31H,5-7,12-15,17-19H2,2-3H3,(H,32,36,37)/t24?,25?,26-,27-/m1/s1. The molecule has 2 N–H and O–H groups in total. The van der Waals surface area contributed by atoms with Gasteiger partial charge in [0.2, 0.25) is 0 Å². The summed E-state index contributed by atoms with van der Waals surface area (Å²) < 4.78 is 23.1. The summed E-state index contributed by atoms with van der Waals surface area (Å²) in [6.07, 6.45) is 7.15. The number of piperidine rings is 1. The van der Waals surface area contributed by atoms with Crippen LogP contribution in [0.2, 0.25) is 0 Å². The van der Waals surface area contributed by atoms with Crippen molar-refractivity contribution in [1.82, 2.24) is 19.8 Å². The summed E-state index contributed by atoms with van der Waals surface area (Å²) in [5.41, 5.74) is 1.10. The first-order valence-corrected chi connectivity index (χ1v) is 14.2. The molecule has 0 saturated carbocycles. The van der Waals surface area contributed by atoms with Crippen LogP contribution < -0.4 is 16.6 Å². The summed E-state index contributed by atoms with van der Waals surface area (Å²) in [5, 5.41) is 3.56. The van der Waals surface area contributed by atoms with Gasteiger partial charge in [0.25, 0.3) is 5.56 Å². The summed E-state index contributed by atoms with van der Waals surface area (Å²) in [7, 11) is 0. The fourth-order valence-electron chi connectivity index (χ4n) is 5.20. The number of H-pyrrole nitrogens is 1. The molecule has 2 fully saturated rings. The summed E-state index contributed by atoms with van der Waals surface area (Å²) in [6, 6.07) is 8.19. The first kappa shape index (κ1) is 31.0. The highest BCUT2D eigenvalue weighted by atomic mass is 16.7. The van der Waals surface area contributed by atoms with Gasteiger partial charge in [-0.3, -0.25) is 24.0 Å². The number of aromatic nitrogens is 2. The number of esters is 1. The van der Waals surface area contributed by atoms with E-state index in [1.54, 1.807) is 6.92 Å². The fraction of sp³-hybridized carbons (Fsp3) is 0.533. The molecule has 2 aliphatic heterocycles. The number of carbonyl (C=O) groups excluding carboxylic acids is 2. The van der Waals surface area contributed by atoms with Gasteiger partial charge in [-0.2, -0.15) is 0 Å². The molecule has 0 radical (unpaired) electrons. The molecule has 2 aliphatic rings. The number of benzene rings is 1. The minimum absolute atomic E-state index is 0.113. The van der Waals surface area contributed by atoms with Gasteiger partial charge in [0.1, 0.15) is 31.6 Å². The largest absolute Gasteiger partial charge is 0.508 e. The SMILES string of the molecule is C#Cc1ccc(CN(CCOC(=O)OC[C@H]2O[C@@H](n3cc(C)c(=O)[nH]c3=O)CC2OC(C)=O)CC2CCCCN2)cc1. The summed E-state index contributed by atoms with van der Waals surface area (Å²) in [4.78, 5) is 52.6. The van der Waals surface area contributed by atoms with Crippen molar-refractivity contribution >= 4 is 12.1 Å². The van der Waals surface area contributed by atoms with Crippen LogP contribution in [0.1, 0.15) is 55.5 Å². The van der Waals surface area contributed by atoms with Gasteiger partial charge in [-0.1, -0.05) is 24.5 Å². The van der Waals surface area contributed by atoms with Crippen LogP contribution in [0.25, 0.3) is 0 Å². The average molecular weight is 583 g/mol. The number of rotatable bonds is 11. The molecule has 12 nitrogen and oxygen atoms in total. The van der Waals surface area contributed by atoms with E-state index in [-0.39, 0.29) is 19.6 Å². The smallest absolute Gasteiger partial charge is 0.459 e. The van der Waals surface area contributed by atoms with Crippen LogP contribution in [0.15, 0.2) is 40.1 Å². The van der Waals surface area contributed by atoms with Gasteiger partial charge in [-0.05, 0) is 44.0 Å². The first-order valence-electron chi connectivity index (χ1n) is 14.2. The zero-order chi connectivity index (χ0) is 30.1. The van der Waals surface area contributed by atoms with Crippen LogP contribution in [0.3, 0.4) is 0 Å². The Morgan fingerprint density at radius 1 is 1.19 bits per heavy atom. The normalized spacial score (nSPS) is 22.0. The number of nitrogens with one attached hydrogen (secondary N) is 2. The molecule has 0 bridgehead atoms. The summed E-state index contributed by atoms with van der Waals surface area (Å²) in [5.74, 6) is 2.09. The Balaban J connectivity index is 1.30. The van der Waals surface area contributed by atoms with Crippen molar-refractivity contribution in [3.63, 3.8) is 0 Å². The number of carbonyl (C=O) groups is 2. The molecule has 0 amide bonds. The van der Waals surface area contributed by atoms with Gasteiger partial charge in [0.15, 0.2) is 0 Å². The lowest BCUT2D eigenvalue weighted by Crippen LogP contribution is -2.44. The van der Waals surface area contributed by atoms with Crippen molar-refractivity contribution in [3.8, 4) is 12.3 Å². The van der Waals surface area contributed by atoms with Gasteiger partial charge in [0.05, 0.1) is 0 Å². The Morgan fingerprint density at radius 2 is 1.98 bits per heavy atom. The van der Waals surface area contributed by atoms with E-state index in [1.807, 2.05) is 24.3 Å². The van der Waals surface area contributed by atoms with Crippen molar-refractivity contribution in [2.75, 3.05) is 32.8 Å². The number of nitrogens with zero attached hydrogens (tertiary/aromatic N) is 2. The maximum absolute atomic E-state index is 12.5. The third-order valence-electron chi connectivity index (χ3n) is 7.36. The Morgan fingerprint density at radius 3 is 2.67 bits per heavy atom. The van der Waals surface area contributed by atoms with E-state index in [2.05, 4.69) is 21.1 Å². The lowest BCUT2D eigenvalue weighted by atomic mass is 10.0. The Bertz CT molecular complexity index is 1370. The van der Waals surface area contributed by atoms with E-state index in [9.17, 15) is 19.2 Å². The second kappa shape index (κ2) is 14.8. The number of ether oxygens (including phenoxy) is 4. The molecule has 3 heterocycles. The molecule has 0 spiro atoms. The van der Waals surface area contributed by atoms with Gasteiger partial charge < -0.3 is 24.3 Å². The van der Waals surface area contributed by atoms with Crippen LogP contribution in [-0.2, 0) is 30.3 Å². The average Bonchev–Trinajstić information content (AvgIpc) is 3.36. The van der Waals surface area contributed by atoms with Crippen molar-refractivity contribution in [3.05, 3.63) is 68.0 Å². The van der Waals surface area contributed by atoms with E-state index >= 15 is 0 Å². The Labute approximate surface area is 244 Å². The van der Waals surface area contributed by atoms with E-state index in [0.29, 0.717) is 24.7 Å². The maximum atomic E-state index is 12.5. The molecule has 226 valence electrons. The monoisotopic (exact) mass is 582 g/mol. The second-order valence-electron chi connectivity index (χ2n) is 10.6. The number of hydrogen-bond acceptors (Lipinski definition) is 10. The lowest BCUT2D eigenvalue weighted by Gasteiger charge is -2.30. The van der Waals surface area contributed by atoms with Crippen molar-refractivity contribution in [1.29, 1.82) is 0 Å². The third-order valence-corrected chi connectivity index (χ3v) is 7.36.